The van der Waals surface area contributed by atoms with E-state index in [1.165, 1.54) is 14.0 Å². The lowest BCUT2D eigenvalue weighted by Gasteiger charge is -2.17. The van der Waals surface area contributed by atoms with Crippen LogP contribution in [0.4, 0.5) is 0 Å². The molecule has 104 valence electrons. The number of phenols is 2. The fourth-order valence-electron chi connectivity index (χ4n) is 1.80. The van der Waals surface area contributed by atoms with E-state index in [4.69, 9.17) is 9.84 Å². The van der Waals surface area contributed by atoms with Gasteiger partial charge in [-0.1, -0.05) is 13.8 Å². The normalized spacial score (nSPS) is 10.6. The molecule has 1 aromatic carbocycles. The van der Waals surface area contributed by atoms with Crippen LogP contribution in [-0.4, -0.2) is 34.2 Å². The van der Waals surface area contributed by atoms with Gasteiger partial charge in [-0.15, -0.1) is 0 Å². The van der Waals surface area contributed by atoms with Crippen molar-refractivity contribution in [2.24, 2.45) is 5.92 Å². The first-order valence-corrected chi connectivity index (χ1v) is 5.63. The van der Waals surface area contributed by atoms with E-state index < -0.39 is 34.7 Å². The summed E-state index contributed by atoms with van der Waals surface area (Å²) < 4.78 is 5.01. The molecule has 0 aliphatic rings. The second-order valence-corrected chi connectivity index (χ2v) is 4.43. The van der Waals surface area contributed by atoms with Crippen LogP contribution in [0.3, 0.4) is 0 Å². The molecule has 0 fully saturated rings. The molecule has 0 bridgehead atoms. The minimum absolute atomic E-state index is 0.0151. The lowest BCUT2D eigenvalue weighted by Crippen LogP contribution is -2.13. The highest BCUT2D eigenvalue weighted by molar-refractivity contribution is 6.07. The minimum Gasteiger partial charge on any atom is -0.506 e. The van der Waals surface area contributed by atoms with Crippen LogP contribution in [0.5, 0.6) is 17.2 Å². The number of ether oxygens (including phenoxy) is 1. The third-order valence-electron chi connectivity index (χ3n) is 2.82. The van der Waals surface area contributed by atoms with Crippen molar-refractivity contribution in [2.45, 2.75) is 20.8 Å². The van der Waals surface area contributed by atoms with Gasteiger partial charge in [0, 0.05) is 11.5 Å². The van der Waals surface area contributed by atoms with Crippen molar-refractivity contribution in [1.29, 1.82) is 0 Å². The summed E-state index contributed by atoms with van der Waals surface area (Å²) in [5.74, 6) is -3.82. The molecule has 0 saturated heterocycles. The van der Waals surface area contributed by atoms with E-state index in [0.717, 1.165) is 0 Å². The van der Waals surface area contributed by atoms with Crippen molar-refractivity contribution in [3.05, 3.63) is 16.7 Å². The average molecular weight is 268 g/mol. The molecular formula is C13H16O6. The average Bonchev–Trinajstić information content (AvgIpc) is 2.32. The van der Waals surface area contributed by atoms with E-state index in [1.807, 2.05) is 0 Å². The Morgan fingerprint density at radius 3 is 2.00 bits per heavy atom. The summed E-state index contributed by atoms with van der Waals surface area (Å²) in [6, 6.07) is 0. The predicted octanol–water partition coefficient (Wildman–Crippen LogP) is 1.95. The summed E-state index contributed by atoms with van der Waals surface area (Å²) in [5.41, 5.74) is -0.811. The Labute approximate surface area is 110 Å². The highest BCUT2D eigenvalue weighted by Gasteiger charge is 2.30. The number of carbonyl (C=O) groups is 2. The Balaban J connectivity index is 3.79. The molecule has 0 spiro atoms. The van der Waals surface area contributed by atoms with Crippen molar-refractivity contribution < 1.29 is 29.6 Å². The SMILES string of the molecule is COc1c(C)c(O)c(C(=O)O)c(O)c1C(=O)C(C)C. The van der Waals surface area contributed by atoms with Gasteiger partial charge in [-0.3, -0.25) is 4.79 Å². The standard InChI is InChI=1S/C13H16O6/c1-5(2)9(14)7-11(16)8(13(17)18)10(15)6(3)12(7)19-4/h5,15-16H,1-4H3,(H,17,18). The van der Waals surface area contributed by atoms with Crippen molar-refractivity contribution in [1.82, 2.24) is 0 Å². The molecular weight excluding hydrogens is 252 g/mol. The molecule has 0 unspecified atom stereocenters. The number of aromatic hydroxyl groups is 2. The number of benzene rings is 1. The number of hydrogen-bond acceptors (Lipinski definition) is 5. The number of rotatable bonds is 4. The highest BCUT2D eigenvalue weighted by atomic mass is 16.5. The van der Waals surface area contributed by atoms with Crippen LogP contribution in [0, 0.1) is 12.8 Å². The summed E-state index contributed by atoms with van der Waals surface area (Å²) in [4.78, 5) is 23.1. The molecule has 19 heavy (non-hydrogen) atoms. The van der Waals surface area contributed by atoms with Crippen molar-refractivity contribution in [3.8, 4) is 17.2 Å². The first kappa shape index (κ1) is 14.8. The Morgan fingerprint density at radius 1 is 1.11 bits per heavy atom. The van der Waals surface area contributed by atoms with Gasteiger partial charge < -0.3 is 20.1 Å². The molecule has 0 amide bonds. The van der Waals surface area contributed by atoms with Gasteiger partial charge in [-0.05, 0) is 6.92 Å². The topological polar surface area (TPSA) is 104 Å². The van der Waals surface area contributed by atoms with E-state index >= 15 is 0 Å². The number of methoxy groups -OCH3 is 1. The Morgan fingerprint density at radius 2 is 1.63 bits per heavy atom. The summed E-state index contributed by atoms with van der Waals surface area (Å²) in [6.07, 6.45) is 0. The lowest BCUT2D eigenvalue weighted by molar-refractivity contribution is 0.0690. The molecule has 0 aliphatic heterocycles. The molecule has 0 heterocycles. The Bertz CT molecular complexity index is 545. The van der Waals surface area contributed by atoms with Crippen LogP contribution in [0.2, 0.25) is 0 Å². The van der Waals surface area contributed by atoms with Crippen molar-refractivity contribution in [2.75, 3.05) is 7.11 Å². The smallest absolute Gasteiger partial charge is 0.343 e. The highest BCUT2D eigenvalue weighted by Crippen LogP contribution is 2.42. The molecule has 1 rings (SSSR count). The first-order chi connectivity index (χ1) is 8.73. The van der Waals surface area contributed by atoms with Crippen LogP contribution in [0.15, 0.2) is 0 Å². The molecule has 0 aliphatic carbocycles. The number of carbonyl (C=O) groups excluding carboxylic acids is 1. The predicted molar refractivity (Wildman–Crippen MR) is 67.2 cm³/mol. The van der Waals surface area contributed by atoms with Gasteiger partial charge in [0.15, 0.2) is 5.78 Å². The third kappa shape index (κ3) is 2.33. The van der Waals surface area contributed by atoms with Crippen LogP contribution >= 0.6 is 0 Å². The molecule has 0 atom stereocenters. The fraction of sp³-hybridized carbons (Fsp3) is 0.385. The van der Waals surface area contributed by atoms with Crippen molar-refractivity contribution in [3.63, 3.8) is 0 Å². The zero-order valence-corrected chi connectivity index (χ0v) is 11.1. The molecule has 0 saturated carbocycles. The van der Waals surface area contributed by atoms with E-state index in [0.29, 0.717) is 0 Å². The van der Waals surface area contributed by atoms with E-state index in [9.17, 15) is 19.8 Å². The van der Waals surface area contributed by atoms with Crippen LogP contribution in [0.1, 0.15) is 40.1 Å². The summed E-state index contributed by atoms with van der Waals surface area (Å²) in [6.45, 7) is 4.64. The number of hydrogen-bond donors (Lipinski definition) is 3. The summed E-state index contributed by atoms with van der Waals surface area (Å²) in [5, 5.41) is 28.7. The van der Waals surface area contributed by atoms with E-state index in [1.54, 1.807) is 13.8 Å². The van der Waals surface area contributed by atoms with Gasteiger partial charge in [-0.2, -0.15) is 0 Å². The van der Waals surface area contributed by atoms with Gasteiger partial charge in [0.2, 0.25) is 0 Å². The maximum absolute atomic E-state index is 12.1. The van der Waals surface area contributed by atoms with Crippen LogP contribution in [0.25, 0.3) is 0 Å². The van der Waals surface area contributed by atoms with Gasteiger partial charge in [-0.25, -0.2) is 4.79 Å². The maximum Gasteiger partial charge on any atom is 0.343 e. The number of carboxylic acid groups (broad SMARTS) is 1. The second kappa shape index (κ2) is 5.17. The minimum atomic E-state index is -1.52. The van der Waals surface area contributed by atoms with Gasteiger partial charge in [0.25, 0.3) is 0 Å². The maximum atomic E-state index is 12.1. The summed E-state index contributed by atoms with van der Waals surface area (Å²) >= 11 is 0. The Hall–Kier alpha value is -2.24. The number of ketones is 1. The van der Waals surface area contributed by atoms with Gasteiger partial charge in [0.1, 0.15) is 28.4 Å². The zero-order chi connectivity index (χ0) is 14.9. The van der Waals surface area contributed by atoms with E-state index in [-0.39, 0.29) is 16.9 Å². The molecule has 6 nitrogen and oxygen atoms in total. The van der Waals surface area contributed by atoms with Crippen molar-refractivity contribution >= 4 is 11.8 Å². The monoisotopic (exact) mass is 268 g/mol. The quantitative estimate of drug-likeness (QED) is 0.721. The molecule has 6 heteroatoms. The van der Waals surface area contributed by atoms with Gasteiger partial charge >= 0.3 is 5.97 Å². The van der Waals surface area contributed by atoms with Crippen LogP contribution < -0.4 is 4.74 Å². The number of carboxylic acids is 1. The molecule has 1 aromatic rings. The van der Waals surface area contributed by atoms with E-state index in [2.05, 4.69) is 0 Å². The first-order valence-electron chi connectivity index (χ1n) is 5.63. The number of aromatic carboxylic acids is 1. The Kier molecular flexibility index (Phi) is 4.04. The largest absolute Gasteiger partial charge is 0.506 e. The molecule has 0 aromatic heterocycles. The zero-order valence-electron chi connectivity index (χ0n) is 11.1. The lowest BCUT2D eigenvalue weighted by atomic mass is 9.93. The molecule has 3 N–H and O–H groups in total. The van der Waals surface area contributed by atoms with Gasteiger partial charge in [0.05, 0.1) is 7.11 Å². The third-order valence-corrected chi connectivity index (χ3v) is 2.82. The molecule has 0 radical (unpaired) electrons. The fourth-order valence-corrected chi connectivity index (χ4v) is 1.80. The van der Waals surface area contributed by atoms with Crippen LogP contribution in [-0.2, 0) is 0 Å². The second-order valence-electron chi connectivity index (χ2n) is 4.43. The number of Topliss-reactive ketones (excluding diaryl/α,β-unsaturated/α-hetero) is 1. The summed E-state index contributed by atoms with van der Waals surface area (Å²) in [7, 11) is 1.28.